The van der Waals surface area contributed by atoms with Crippen molar-refractivity contribution in [1.29, 1.82) is 0 Å². The SMILES string of the molecule is CCOc1ccc(NC(=O)[C@@H]2CSCN2C(=O)c2ccccc2)cc1S(=O)(=O)N(C)C. The number of hydrogen-bond donors (Lipinski definition) is 1. The number of carbonyl (C=O) groups is 2. The first-order valence-corrected chi connectivity index (χ1v) is 12.3. The Labute approximate surface area is 186 Å². The molecule has 1 heterocycles. The van der Waals surface area contributed by atoms with Gasteiger partial charge in [-0.1, -0.05) is 18.2 Å². The number of thioether (sulfide) groups is 1. The van der Waals surface area contributed by atoms with Gasteiger partial charge in [-0.2, -0.15) is 0 Å². The molecule has 8 nitrogen and oxygen atoms in total. The van der Waals surface area contributed by atoms with Crippen molar-refractivity contribution in [2.75, 3.05) is 37.6 Å². The Kier molecular flexibility index (Phi) is 7.24. The van der Waals surface area contributed by atoms with Gasteiger partial charge in [-0.25, -0.2) is 12.7 Å². The molecule has 3 rings (SSSR count). The van der Waals surface area contributed by atoms with Crippen molar-refractivity contribution in [2.45, 2.75) is 17.9 Å². The fourth-order valence-electron chi connectivity index (χ4n) is 3.09. The second kappa shape index (κ2) is 9.71. The lowest BCUT2D eigenvalue weighted by Gasteiger charge is -2.23. The Balaban J connectivity index is 1.83. The summed E-state index contributed by atoms with van der Waals surface area (Å²) in [6.07, 6.45) is 0. The quantitative estimate of drug-likeness (QED) is 0.678. The van der Waals surface area contributed by atoms with E-state index in [9.17, 15) is 18.0 Å². The van der Waals surface area contributed by atoms with E-state index in [2.05, 4.69) is 5.32 Å². The first kappa shape index (κ1) is 23.1. The summed E-state index contributed by atoms with van der Waals surface area (Å²) in [5.74, 6) is 0.506. The molecule has 1 saturated heterocycles. The van der Waals surface area contributed by atoms with Gasteiger partial charge in [-0.3, -0.25) is 9.59 Å². The predicted octanol–water partition coefficient (Wildman–Crippen LogP) is 2.49. The maximum atomic E-state index is 13.0. The minimum Gasteiger partial charge on any atom is -0.492 e. The Morgan fingerprint density at radius 1 is 1.19 bits per heavy atom. The maximum Gasteiger partial charge on any atom is 0.255 e. The molecule has 0 spiro atoms. The molecule has 1 atom stereocenters. The molecule has 0 bridgehead atoms. The van der Waals surface area contributed by atoms with Gasteiger partial charge in [0, 0.05) is 31.1 Å². The van der Waals surface area contributed by atoms with Crippen molar-refractivity contribution < 1.29 is 22.7 Å². The molecule has 31 heavy (non-hydrogen) atoms. The summed E-state index contributed by atoms with van der Waals surface area (Å²) in [4.78, 5) is 27.3. The van der Waals surface area contributed by atoms with Crippen LogP contribution in [-0.2, 0) is 14.8 Å². The van der Waals surface area contributed by atoms with Gasteiger partial charge in [-0.15, -0.1) is 11.8 Å². The van der Waals surface area contributed by atoms with Crippen molar-refractivity contribution in [3.05, 3.63) is 54.1 Å². The van der Waals surface area contributed by atoms with E-state index in [-0.39, 0.29) is 22.5 Å². The predicted molar refractivity (Wildman–Crippen MR) is 121 cm³/mol. The number of nitrogens with zero attached hydrogens (tertiary/aromatic N) is 2. The molecule has 0 radical (unpaired) electrons. The normalized spacial score (nSPS) is 16.4. The molecular formula is C21H25N3O5S2. The number of nitrogens with one attached hydrogen (secondary N) is 1. The third kappa shape index (κ3) is 5.03. The second-order valence-electron chi connectivity index (χ2n) is 7.03. The monoisotopic (exact) mass is 463 g/mol. The molecule has 1 aliphatic rings. The van der Waals surface area contributed by atoms with Crippen LogP contribution in [0, 0.1) is 0 Å². The van der Waals surface area contributed by atoms with Crippen LogP contribution >= 0.6 is 11.8 Å². The van der Waals surface area contributed by atoms with E-state index >= 15 is 0 Å². The minimum absolute atomic E-state index is 0.0323. The molecule has 0 aliphatic carbocycles. The van der Waals surface area contributed by atoms with E-state index in [1.165, 1.54) is 42.9 Å². The van der Waals surface area contributed by atoms with Crippen LogP contribution in [0.4, 0.5) is 5.69 Å². The molecule has 0 unspecified atom stereocenters. The molecule has 2 amide bonds. The van der Waals surface area contributed by atoms with Crippen LogP contribution in [-0.4, -0.2) is 67.8 Å². The number of sulfonamides is 1. The Morgan fingerprint density at radius 2 is 1.90 bits per heavy atom. The summed E-state index contributed by atoms with van der Waals surface area (Å²) in [6.45, 7) is 2.06. The first-order valence-electron chi connectivity index (χ1n) is 9.69. The van der Waals surface area contributed by atoms with Crippen molar-refractivity contribution in [3.63, 3.8) is 0 Å². The highest BCUT2D eigenvalue weighted by atomic mass is 32.2. The summed E-state index contributed by atoms with van der Waals surface area (Å²) >= 11 is 1.49. The molecule has 1 fully saturated rings. The Bertz CT molecular complexity index is 1060. The van der Waals surface area contributed by atoms with Crippen LogP contribution in [0.1, 0.15) is 17.3 Å². The van der Waals surface area contributed by atoms with Gasteiger partial charge in [-0.05, 0) is 37.3 Å². The lowest BCUT2D eigenvalue weighted by atomic mass is 10.1. The lowest BCUT2D eigenvalue weighted by molar-refractivity contribution is -0.119. The summed E-state index contributed by atoms with van der Waals surface area (Å²) < 4.78 is 31.9. The third-order valence-electron chi connectivity index (χ3n) is 4.74. The standard InChI is InChI=1S/C21H25N3O5S2/c1-4-29-18-11-10-16(12-19(18)31(27,28)23(2)3)22-20(25)17-13-30-14-24(17)21(26)15-8-6-5-7-9-15/h5-12,17H,4,13-14H2,1-3H3,(H,22,25)/t17-/m0/s1. The Hall–Kier alpha value is -2.56. The lowest BCUT2D eigenvalue weighted by Crippen LogP contribution is -2.44. The van der Waals surface area contributed by atoms with Crippen LogP contribution in [0.5, 0.6) is 5.75 Å². The van der Waals surface area contributed by atoms with Gasteiger partial charge in [0.1, 0.15) is 16.7 Å². The van der Waals surface area contributed by atoms with E-state index in [4.69, 9.17) is 4.74 Å². The number of ether oxygens (including phenoxy) is 1. The molecule has 10 heteroatoms. The van der Waals surface area contributed by atoms with Crippen LogP contribution < -0.4 is 10.1 Å². The molecule has 1 aliphatic heterocycles. The summed E-state index contributed by atoms with van der Waals surface area (Å²) in [5.41, 5.74) is 0.834. The fraction of sp³-hybridized carbons (Fsp3) is 0.333. The van der Waals surface area contributed by atoms with Crippen LogP contribution in [0.25, 0.3) is 0 Å². The van der Waals surface area contributed by atoms with E-state index in [1.54, 1.807) is 37.3 Å². The van der Waals surface area contributed by atoms with Gasteiger partial charge in [0.2, 0.25) is 15.9 Å². The molecule has 2 aromatic carbocycles. The number of benzene rings is 2. The van der Waals surface area contributed by atoms with E-state index in [0.29, 0.717) is 29.5 Å². The molecular weight excluding hydrogens is 438 g/mol. The van der Waals surface area contributed by atoms with Crippen molar-refractivity contribution in [2.24, 2.45) is 0 Å². The topological polar surface area (TPSA) is 96.0 Å². The van der Waals surface area contributed by atoms with Crippen molar-refractivity contribution in [3.8, 4) is 5.75 Å². The average molecular weight is 464 g/mol. The molecule has 1 N–H and O–H groups in total. The minimum atomic E-state index is -3.78. The zero-order valence-electron chi connectivity index (χ0n) is 17.6. The number of hydrogen-bond acceptors (Lipinski definition) is 6. The van der Waals surface area contributed by atoms with Crippen LogP contribution in [0.2, 0.25) is 0 Å². The summed E-state index contributed by atoms with van der Waals surface area (Å²) in [5, 5.41) is 2.76. The fourth-order valence-corrected chi connectivity index (χ4v) is 5.30. The summed E-state index contributed by atoms with van der Waals surface area (Å²) in [7, 11) is -0.920. The van der Waals surface area contributed by atoms with E-state index in [0.717, 1.165) is 4.31 Å². The van der Waals surface area contributed by atoms with E-state index < -0.39 is 16.1 Å². The molecule has 2 aromatic rings. The highest BCUT2D eigenvalue weighted by Gasteiger charge is 2.35. The van der Waals surface area contributed by atoms with Crippen molar-refractivity contribution in [1.82, 2.24) is 9.21 Å². The molecule has 0 aromatic heterocycles. The van der Waals surface area contributed by atoms with Gasteiger partial charge in [0.05, 0.1) is 12.5 Å². The number of amides is 2. The van der Waals surface area contributed by atoms with Crippen molar-refractivity contribution >= 4 is 39.3 Å². The van der Waals surface area contributed by atoms with Crippen LogP contribution in [0.15, 0.2) is 53.4 Å². The number of rotatable bonds is 7. The highest BCUT2D eigenvalue weighted by Crippen LogP contribution is 2.30. The zero-order chi connectivity index (χ0) is 22.6. The van der Waals surface area contributed by atoms with Gasteiger partial charge in [0.25, 0.3) is 5.91 Å². The Morgan fingerprint density at radius 3 is 2.55 bits per heavy atom. The summed E-state index contributed by atoms with van der Waals surface area (Å²) in [6, 6.07) is 12.6. The highest BCUT2D eigenvalue weighted by molar-refractivity contribution is 7.99. The largest absolute Gasteiger partial charge is 0.492 e. The zero-order valence-corrected chi connectivity index (χ0v) is 19.2. The smallest absolute Gasteiger partial charge is 0.255 e. The first-order chi connectivity index (χ1) is 14.8. The maximum absolute atomic E-state index is 13.0. The van der Waals surface area contributed by atoms with E-state index in [1.807, 2.05) is 6.07 Å². The van der Waals surface area contributed by atoms with Gasteiger partial charge < -0.3 is 15.0 Å². The number of anilines is 1. The second-order valence-corrected chi connectivity index (χ2v) is 10.1. The van der Waals surface area contributed by atoms with Crippen LogP contribution in [0.3, 0.4) is 0 Å². The molecule has 166 valence electrons. The van der Waals surface area contributed by atoms with Gasteiger partial charge >= 0.3 is 0 Å². The molecule has 0 saturated carbocycles. The third-order valence-corrected chi connectivity index (χ3v) is 7.58. The average Bonchev–Trinajstić information content (AvgIpc) is 3.25. The van der Waals surface area contributed by atoms with Gasteiger partial charge in [0.15, 0.2) is 0 Å². The number of carbonyl (C=O) groups excluding carboxylic acids is 2.